The van der Waals surface area contributed by atoms with Gasteiger partial charge in [-0.15, -0.1) is 0 Å². The van der Waals surface area contributed by atoms with Gasteiger partial charge in [0.15, 0.2) is 0 Å². The third-order valence-electron chi connectivity index (χ3n) is 6.28. The minimum atomic E-state index is -0.505. The smallest absolute Gasteiger partial charge is 0.261 e. The van der Waals surface area contributed by atoms with Gasteiger partial charge in [-0.1, -0.05) is 18.2 Å². The van der Waals surface area contributed by atoms with Crippen molar-refractivity contribution in [3.63, 3.8) is 0 Å². The van der Waals surface area contributed by atoms with Crippen molar-refractivity contribution < 1.29 is 28.2 Å². The molecule has 0 saturated carbocycles. The first-order chi connectivity index (χ1) is 17.5. The Balaban J connectivity index is 1.34. The number of nitrogens with zero attached hydrogens (tertiary/aromatic N) is 2. The highest BCUT2D eigenvalue weighted by atomic mass is 19.1. The SMILES string of the molecule is COc1ccc(CN2C(=O)c3ccccc3C2=O)cc1C(=O)Nc1ccc(N2CCOCC2)c(F)c1. The number of nitrogens with one attached hydrogen (secondary N) is 1. The Hall–Kier alpha value is -4.24. The van der Waals surface area contributed by atoms with Crippen molar-refractivity contribution in [3.05, 3.63) is 88.7 Å². The van der Waals surface area contributed by atoms with E-state index in [1.807, 2.05) is 4.90 Å². The molecule has 36 heavy (non-hydrogen) atoms. The third kappa shape index (κ3) is 4.40. The first-order valence-corrected chi connectivity index (χ1v) is 11.5. The van der Waals surface area contributed by atoms with Crippen LogP contribution in [0.15, 0.2) is 60.7 Å². The number of methoxy groups -OCH3 is 1. The Bertz CT molecular complexity index is 1320. The molecular weight excluding hydrogens is 465 g/mol. The van der Waals surface area contributed by atoms with Crippen LogP contribution in [0.4, 0.5) is 15.8 Å². The maximum atomic E-state index is 14.8. The van der Waals surface area contributed by atoms with Crippen LogP contribution in [0.3, 0.4) is 0 Å². The van der Waals surface area contributed by atoms with E-state index in [0.717, 1.165) is 4.90 Å². The number of halogens is 1. The fraction of sp³-hybridized carbons (Fsp3) is 0.222. The van der Waals surface area contributed by atoms with Crippen LogP contribution in [0.25, 0.3) is 0 Å². The average Bonchev–Trinajstić information content (AvgIpc) is 3.14. The summed E-state index contributed by atoms with van der Waals surface area (Å²) in [6.07, 6.45) is 0. The second kappa shape index (κ2) is 9.79. The molecule has 1 saturated heterocycles. The van der Waals surface area contributed by atoms with Gasteiger partial charge in [0, 0.05) is 18.8 Å². The van der Waals surface area contributed by atoms with Gasteiger partial charge in [0.05, 0.1) is 49.2 Å². The van der Waals surface area contributed by atoms with Crippen LogP contribution in [0.5, 0.6) is 5.75 Å². The molecule has 0 atom stereocenters. The quantitative estimate of drug-likeness (QED) is 0.531. The Morgan fingerprint density at radius 3 is 2.33 bits per heavy atom. The average molecular weight is 490 g/mol. The van der Waals surface area contributed by atoms with Crippen LogP contribution in [-0.2, 0) is 11.3 Å². The number of hydrogen-bond acceptors (Lipinski definition) is 6. The van der Waals surface area contributed by atoms with Gasteiger partial charge < -0.3 is 19.7 Å². The van der Waals surface area contributed by atoms with Crippen LogP contribution in [0.1, 0.15) is 36.6 Å². The summed E-state index contributed by atoms with van der Waals surface area (Å²) >= 11 is 0. The molecule has 0 unspecified atom stereocenters. The van der Waals surface area contributed by atoms with E-state index in [0.29, 0.717) is 60.1 Å². The van der Waals surface area contributed by atoms with Gasteiger partial charge in [-0.25, -0.2) is 4.39 Å². The Labute approximate surface area is 207 Å². The molecule has 2 heterocycles. The summed E-state index contributed by atoms with van der Waals surface area (Å²) in [5.41, 5.74) is 2.24. The number of fused-ring (bicyclic) bond motifs is 1. The van der Waals surface area contributed by atoms with E-state index in [4.69, 9.17) is 9.47 Å². The van der Waals surface area contributed by atoms with Crippen molar-refractivity contribution >= 4 is 29.1 Å². The summed E-state index contributed by atoms with van der Waals surface area (Å²) in [5.74, 6) is -1.40. The maximum Gasteiger partial charge on any atom is 0.261 e. The van der Waals surface area contributed by atoms with Crippen LogP contribution in [0.2, 0.25) is 0 Å². The summed E-state index contributed by atoms with van der Waals surface area (Å²) < 4.78 is 25.4. The van der Waals surface area contributed by atoms with Gasteiger partial charge >= 0.3 is 0 Å². The zero-order valence-corrected chi connectivity index (χ0v) is 19.6. The van der Waals surface area contributed by atoms with Crippen molar-refractivity contribution in [3.8, 4) is 5.75 Å². The maximum absolute atomic E-state index is 14.8. The van der Waals surface area contributed by atoms with Gasteiger partial charge in [-0.05, 0) is 48.0 Å². The van der Waals surface area contributed by atoms with E-state index in [-0.39, 0.29) is 23.9 Å². The molecule has 184 valence electrons. The molecule has 0 radical (unpaired) electrons. The molecule has 5 rings (SSSR count). The number of carbonyl (C=O) groups is 3. The minimum absolute atomic E-state index is 0.000501. The molecule has 0 aromatic heterocycles. The molecular formula is C27H24FN3O5. The lowest BCUT2D eigenvalue weighted by Gasteiger charge is -2.29. The summed E-state index contributed by atoms with van der Waals surface area (Å²) in [4.78, 5) is 41.6. The second-order valence-corrected chi connectivity index (χ2v) is 8.50. The number of ether oxygens (including phenoxy) is 2. The first kappa shape index (κ1) is 23.5. The number of anilines is 2. The molecule has 0 spiro atoms. The highest BCUT2D eigenvalue weighted by Gasteiger charge is 2.35. The normalized spacial score (nSPS) is 15.2. The zero-order valence-electron chi connectivity index (χ0n) is 19.6. The number of benzene rings is 3. The Kier molecular flexibility index (Phi) is 6.39. The number of carbonyl (C=O) groups excluding carboxylic acids is 3. The van der Waals surface area contributed by atoms with E-state index >= 15 is 0 Å². The molecule has 8 nitrogen and oxygen atoms in total. The number of rotatable bonds is 6. The largest absolute Gasteiger partial charge is 0.496 e. The van der Waals surface area contributed by atoms with Crippen molar-refractivity contribution in [2.75, 3.05) is 43.6 Å². The molecule has 0 aliphatic carbocycles. The third-order valence-corrected chi connectivity index (χ3v) is 6.28. The van der Waals surface area contributed by atoms with Gasteiger partial charge in [0.25, 0.3) is 17.7 Å². The second-order valence-electron chi connectivity index (χ2n) is 8.50. The van der Waals surface area contributed by atoms with Crippen LogP contribution in [0, 0.1) is 5.82 Å². The monoisotopic (exact) mass is 489 g/mol. The van der Waals surface area contributed by atoms with E-state index < -0.39 is 11.7 Å². The van der Waals surface area contributed by atoms with Crippen molar-refractivity contribution in [2.45, 2.75) is 6.54 Å². The van der Waals surface area contributed by atoms with Crippen molar-refractivity contribution in [1.29, 1.82) is 0 Å². The van der Waals surface area contributed by atoms with E-state index in [1.165, 1.54) is 13.2 Å². The van der Waals surface area contributed by atoms with Crippen LogP contribution < -0.4 is 15.0 Å². The highest BCUT2D eigenvalue weighted by Crippen LogP contribution is 2.28. The Morgan fingerprint density at radius 1 is 1.00 bits per heavy atom. The van der Waals surface area contributed by atoms with E-state index in [2.05, 4.69) is 5.32 Å². The summed E-state index contributed by atoms with van der Waals surface area (Å²) in [6, 6.07) is 16.1. The van der Waals surface area contributed by atoms with Gasteiger partial charge in [0.2, 0.25) is 0 Å². The minimum Gasteiger partial charge on any atom is -0.496 e. The molecule has 2 aliphatic rings. The van der Waals surface area contributed by atoms with Gasteiger partial charge in [-0.2, -0.15) is 0 Å². The lowest BCUT2D eigenvalue weighted by atomic mass is 10.1. The topological polar surface area (TPSA) is 88.2 Å². The zero-order chi connectivity index (χ0) is 25.2. The lowest BCUT2D eigenvalue weighted by Crippen LogP contribution is -2.36. The molecule has 3 aromatic carbocycles. The Morgan fingerprint density at radius 2 is 1.69 bits per heavy atom. The van der Waals surface area contributed by atoms with Crippen molar-refractivity contribution in [1.82, 2.24) is 4.90 Å². The van der Waals surface area contributed by atoms with Gasteiger partial charge in [0.1, 0.15) is 11.6 Å². The predicted octanol–water partition coefficient (Wildman–Crippen LogP) is 3.72. The first-order valence-electron chi connectivity index (χ1n) is 11.5. The fourth-order valence-corrected chi connectivity index (χ4v) is 4.44. The summed E-state index contributed by atoms with van der Waals surface area (Å²) in [5, 5.41) is 2.71. The van der Waals surface area contributed by atoms with E-state index in [1.54, 1.807) is 54.6 Å². The number of imide groups is 1. The summed E-state index contributed by atoms with van der Waals surface area (Å²) in [6.45, 7) is 2.27. The number of hydrogen-bond donors (Lipinski definition) is 1. The summed E-state index contributed by atoms with van der Waals surface area (Å²) in [7, 11) is 1.44. The molecule has 1 N–H and O–H groups in total. The number of amides is 3. The highest BCUT2D eigenvalue weighted by molar-refractivity contribution is 6.21. The van der Waals surface area contributed by atoms with Crippen LogP contribution in [-0.4, -0.2) is 56.0 Å². The lowest BCUT2D eigenvalue weighted by molar-refractivity contribution is 0.0642. The van der Waals surface area contributed by atoms with Crippen molar-refractivity contribution in [2.24, 2.45) is 0 Å². The van der Waals surface area contributed by atoms with Gasteiger partial charge in [-0.3, -0.25) is 19.3 Å². The molecule has 0 bridgehead atoms. The molecule has 2 aliphatic heterocycles. The van der Waals surface area contributed by atoms with Crippen LogP contribution >= 0.6 is 0 Å². The molecule has 3 amide bonds. The fourth-order valence-electron chi connectivity index (χ4n) is 4.44. The molecule has 9 heteroatoms. The molecule has 1 fully saturated rings. The standard InChI is InChI=1S/C27H24FN3O5/c1-35-24-9-6-17(16-31-26(33)19-4-2-3-5-20(19)27(31)34)14-21(24)25(32)29-18-7-8-23(22(28)15-18)30-10-12-36-13-11-30/h2-9,14-15H,10-13,16H2,1H3,(H,29,32). The predicted molar refractivity (Wildman–Crippen MR) is 131 cm³/mol. The molecule has 3 aromatic rings. The number of morpholine rings is 1. The van der Waals surface area contributed by atoms with E-state index in [9.17, 15) is 18.8 Å².